The van der Waals surface area contributed by atoms with Gasteiger partial charge in [0.25, 0.3) is 0 Å². The first-order chi connectivity index (χ1) is 4.91. The van der Waals surface area contributed by atoms with Gasteiger partial charge in [-0.3, -0.25) is 0 Å². The Labute approximate surface area is 64.4 Å². The van der Waals surface area contributed by atoms with Crippen LogP contribution in [0.5, 0.6) is 0 Å². The summed E-state index contributed by atoms with van der Waals surface area (Å²) < 4.78 is 0. The van der Waals surface area contributed by atoms with Crippen molar-refractivity contribution in [2.75, 3.05) is 27.2 Å². The highest BCUT2D eigenvalue weighted by Crippen LogP contribution is 1.94. The van der Waals surface area contributed by atoms with Gasteiger partial charge in [-0.1, -0.05) is 0 Å². The first-order valence-corrected chi connectivity index (χ1v) is 4.47. The van der Waals surface area contributed by atoms with E-state index in [2.05, 4.69) is 24.7 Å². The van der Waals surface area contributed by atoms with Crippen LogP contribution >= 0.6 is 0 Å². The second-order valence-corrected chi connectivity index (χ2v) is 2.81. The van der Waals surface area contributed by atoms with Gasteiger partial charge in [-0.2, -0.15) is 0 Å². The van der Waals surface area contributed by atoms with Gasteiger partial charge >= 0.3 is 0 Å². The molecule has 0 radical (unpaired) electrons. The molecule has 0 bridgehead atoms. The molecular formula is C8H22N2+2. The van der Waals surface area contributed by atoms with Crippen LogP contribution in [-0.4, -0.2) is 27.2 Å². The maximum Gasteiger partial charge on any atom is 0.0753 e. The SMILES string of the molecule is C[NH2+]CCCCCC[NH2+]C. The van der Waals surface area contributed by atoms with Crippen molar-refractivity contribution >= 4 is 0 Å². The zero-order valence-electron chi connectivity index (χ0n) is 7.40. The third-order valence-corrected chi connectivity index (χ3v) is 1.74. The predicted molar refractivity (Wildman–Crippen MR) is 43.9 cm³/mol. The Morgan fingerprint density at radius 2 is 1.10 bits per heavy atom. The Kier molecular flexibility index (Phi) is 8.85. The topological polar surface area (TPSA) is 33.2 Å². The summed E-state index contributed by atoms with van der Waals surface area (Å²) in [6.45, 7) is 2.60. The molecule has 10 heavy (non-hydrogen) atoms. The average molecular weight is 146 g/mol. The van der Waals surface area contributed by atoms with E-state index in [0.29, 0.717) is 0 Å². The summed E-state index contributed by atoms with van der Waals surface area (Å²) in [5, 5.41) is 4.51. The van der Waals surface area contributed by atoms with E-state index in [9.17, 15) is 0 Å². The molecule has 0 heterocycles. The van der Waals surface area contributed by atoms with Crippen molar-refractivity contribution in [1.82, 2.24) is 0 Å². The molecule has 0 aromatic rings. The van der Waals surface area contributed by atoms with Gasteiger partial charge in [-0.05, 0) is 25.7 Å². The van der Waals surface area contributed by atoms with Crippen LogP contribution < -0.4 is 10.6 Å². The van der Waals surface area contributed by atoms with Crippen molar-refractivity contribution in [3.63, 3.8) is 0 Å². The van der Waals surface area contributed by atoms with Gasteiger partial charge < -0.3 is 10.6 Å². The van der Waals surface area contributed by atoms with E-state index < -0.39 is 0 Å². The number of quaternary nitrogens is 2. The van der Waals surface area contributed by atoms with Crippen LogP contribution in [0.1, 0.15) is 25.7 Å². The second kappa shape index (κ2) is 8.92. The summed E-state index contributed by atoms with van der Waals surface area (Å²) >= 11 is 0. The summed E-state index contributed by atoms with van der Waals surface area (Å²) in [5.74, 6) is 0. The molecule has 0 aliphatic carbocycles. The number of nitrogens with two attached hydrogens (primary N) is 2. The van der Waals surface area contributed by atoms with E-state index >= 15 is 0 Å². The van der Waals surface area contributed by atoms with Gasteiger partial charge in [0.1, 0.15) is 0 Å². The Morgan fingerprint density at radius 1 is 0.700 bits per heavy atom. The third kappa shape index (κ3) is 7.92. The number of unbranched alkanes of at least 4 members (excludes halogenated alkanes) is 3. The molecule has 62 valence electrons. The van der Waals surface area contributed by atoms with Crippen LogP contribution in [-0.2, 0) is 0 Å². The molecule has 0 aromatic heterocycles. The van der Waals surface area contributed by atoms with E-state index in [1.807, 2.05) is 0 Å². The maximum absolute atomic E-state index is 2.26. The van der Waals surface area contributed by atoms with Gasteiger partial charge in [0, 0.05) is 0 Å². The molecule has 0 saturated carbocycles. The van der Waals surface area contributed by atoms with Crippen molar-refractivity contribution in [2.24, 2.45) is 0 Å². The van der Waals surface area contributed by atoms with Crippen LogP contribution in [0, 0.1) is 0 Å². The second-order valence-electron chi connectivity index (χ2n) is 2.81. The van der Waals surface area contributed by atoms with Crippen LogP contribution in [0.25, 0.3) is 0 Å². The first kappa shape index (κ1) is 9.92. The van der Waals surface area contributed by atoms with E-state index in [0.717, 1.165) is 0 Å². The van der Waals surface area contributed by atoms with Gasteiger partial charge in [-0.15, -0.1) is 0 Å². The molecule has 0 atom stereocenters. The van der Waals surface area contributed by atoms with Crippen molar-refractivity contribution in [3.05, 3.63) is 0 Å². The fraction of sp³-hybridized carbons (Fsp3) is 1.00. The number of hydrogen-bond acceptors (Lipinski definition) is 0. The zero-order valence-corrected chi connectivity index (χ0v) is 7.40. The van der Waals surface area contributed by atoms with E-state index in [1.54, 1.807) is 0 Å². The molecule has 0 amide bonds. The Hall–Kier alpha value is -0.0800. The molecule has 2 heteroatoms. The minimum Gasteiger partial charge on any atom is -0.349 e. The highest BCUT2D eigenvalue weighted by Gasteiger charge is 1.89. The van der Waals surface area contributed by atoms with E-state index in [1.165, 1.54) is 38.8 Å². The zero-order chi connectivity index (χ0) is 7.66. The number of hydrogen-bond donors (Lipinski definition) is 2. The molecular weight excluding hydrogens is 124 g/mol. The van der Waals surface area contributed by atoms with Crippen LogP contribution in [0.3, 0.4) is 0 Å². The fourth-order valence-electron chi connectivity index (χ4n) is 1.05. The van der Waals surface area contributed by atoms with Crippen LogP contribution in [0.15, 0.2) is 0 Å². The van der Waals surface area contributed by atoms with Crippen LogP contribution in [0.4, 0.5) is 0 Å². The lowest BCUT2D eigenvalue weighted by atomic mass is 10.2. The lowest BCUT2D eigenvalue weighted by Gasteiger charge is -1.96. The number of rotatable bonds is 7. The van der Waals surface area contributed by atoms with Crippen molar-refractivity contribution in [2.45, 2.75) is 25.7 Å². The largest absolute Gasteiger partial charge is 0.349 e. The average Bonchev–Trinajstić information content (AvgIpc) is 1.97. The van der Waals surface area contributed by atoms with Crippen molar-refractivity contribution < 1.29 is 10.6 Å². The quantitative estimate of drug-likeness (QED) is 0.429. The molecule has 0 rings (SSSR count). The molecule has 2 nitrogen and oxygen atoms in total. The fourth-order valence-corrected chi connectivity index (χ4v) is 1.05. The normalized spacial score (nSPS) is 10.2. The highest BCUT2D eigenvalue weighted by atomic mass is 14.8. The Balaban J connectivity index is 2.65. The molecule has 0 saturated heterocycles. The summed E-state index contributed by atoms with van der Waals surface area (Å²) in [4.78, 5) is 0. The summed E-state index contributed by atoms with van der Waals surface area (Å²) in [5.41, 5.74) is 0. The third-order valence-electron chi connectivity index (χ3n) is 1.74. The van der Waals surface area contributed by atoms with Crippen LogP contribution in [0.2, 0.25) is 0 Å². The molecule has 0 spiro atoms. The first-order valence-electron chi connectivity index (χ1n) is 4.47. The summed E-state index contributed by atoms with van der Waals surface area (Å²) in [7, 11) is 4.28. The minimum atomic E-state index is 1.30. The lowest BCUT2D eigenvalue weighted by Crippen LogP contribution is -2.79. The summed E-state index contributed by atoms with van der Waals surface area (Å²) in [6, 6.07) is 0. The standard InChI is InChI=1S/C8H20N2/c1-9-7-5-3-4-6-8-10-2/h9-10H,3-8H2,1-2H3/p+2. The Morgan fingerprint density at radius 3 is 1.40 bits per heavy atom. The minimum absolute atomic E-state index is 1.30. The lowest BCUT2D eigenvalue weighted by molar-refractivity contribution is -0.628. The van der Waals surface area contributed by atoms with Crippen molar-refractivity contribution in [1.29, 1.82) is 0 Å². The smallest absolute Gasteiger partial charge is 0.0753 e. The van der Waals surface area contributed by atoms with Crippen molar-refractivity contribution in [3.8, 4) is 0 Å². The molecule has 0 fully saturated rings. The van der Waals surface area contributed by atoms with Gasteiger partial charge in [-0.25, -0.2) is 0 Å². The Bertz CT molecular complexity index is 47.2. The molecule has 0 unspecified atom stereocenters. The molecule has 0 aliphatic rings. The van der Waals surface area contributed by atoms with Gasteiger partial charge in [0.2, 0.25) is 0 Å². The molecule has 0 aromatic carbocycles. The molecule has 4 N–H and O–H groups in total. The predicted octanol–water partition coefficient (Wildman–Crippen LogP) is -1.07. The van der Waals surface area contributed by atoms with Gasteiger partial charge in [0.05, 0.1) is 27.2 Å². The van der Waals surface area contributed by atoms with E-state index in [4.69, 9.17) is 0 Å². The summed E-state index contributed by atoms with van der Waals surface area (Å²) in [6.07, 6.45) is 5.61. The maximum atomic E-state index is 2.26. The van der Waals surface area contributed by atoms with Gasteiger partial charge in [0.15, 0.2) is 0 Å². The van der Waals surface area contributed by atoms with E-state index in [-0.39, 0.29) is 0 Å². The molecule has 0 aliphatic heterocycles. The highest BCUT2D eigenvalue weighted by molar-refractivity contribution is 4.38. The monoisotopic (exact) mass is 146 g/mol.